The molecule has 94 valence electrons. The second-order valence-corrected chi connectivity index (χ2v) is 4.63. The largest absolute Gasteiger partial charge is 0.460 e. The molecule has 0 aromatic carbocycles. The predicted octanol–water partition coefficient (Wildman–Crippen LogP) is 0.442. The van der Waals surface area contributed by atoms with Gasteiger partial charge in [0.1, 0.15) is 5.60 Å². The van der Waals surface area contributed by atoms with Crippen LogP contribution in [0.5, 0.6) is 0 Å². The highest BCUT2D eigenvalue weighted by Gasteiger charge is 2.16. The minimum absolute atomic E-state index is 0.0933. The van der Waals surface area contributed by atoms with Crippen molar-refractivity contribution in [2.45, 2.75) is 45.8 Å². The highest BCUT2D eigenvalue weighted by atomic mass is 16.6. The normalized spacial score (nSPS) is 13.1. The molecule has 0 aromatic rings. The van der Waals surface area contributed by atoms with Gasteiger partial charge in [0.05, 0.1) is 12.5 Å². The van der Waals surface area contributed by atoms with Crippen LogP contribution in [0, 0.1) is 0 Å². The maximum atomic E-state index is 11.3. The van der Waals surface area contributed by atoms with Crippen molar-refractivity contribution < 1.29 is 14.3 Å². The third-order valence-electron chi connectivity index (χ3n) is 1.84. The molecule has 1 atom stereocenters. The highest BCUT2D eigenvalue weighted by molar-refractivity contribution is 5.81. The van der Waals surface area contributed by atoms with E-state index in [2.05, 4.69) is 10.6 Å². The van der Waals surface area contributed by atoms with Gasteiger partial charge in [0.15, 0.2) is 0 Å². The number of rotatable bonds is 5. The van der Waals surface area contributed by atoms with Gasteiger partial charge in [-0.25, -0.2) is 0 Å². The van der Waals surface area contributed by atoms with Gasteiger partial charge in [0.25, 0.3) is 0 Å². The van der Waals surface area contributed by atoms with E-state index in [-0.39, 0.29) is 24.3 Å². The smallest absolute Gasteiger partial charge is 0.307 e. The summed E-state index contributed by atoms with van der Waals surface area (Å²) < 4.78 is 5.13. The maximum Gasteiger partial charge on any atom is 0.307 e. The van der Waals surface area contributed by atoms with E-state index in [4.69, 9.17) is 4.74 Å². The summed E-state index contributed by atoms with van der Waals surface area (Å²) in [5, 5.41) is 5.46. The number of esters is 1. The number of carbonyl (C=O) groups is 2. The molecule has 1 unspecified atom stereocenters. The van der Waals surface area contributed by atoms with Gasteiger partial charge in [-0.1, -0.05) is 0 Å². The summed E-state index contributed by atoms with van der Waals surface area (Å²) in [4.78, 5) is 22.4. The molecule has 0 aromatic heterocycles. The fourth-order valence-electron chi connectivity index (χ4n) is 1.09. The van der Waals surface area contributed by atoms with Crippen molar-refractivity contribution in [1.82, 2.24) is 10.6 Å². The van der Waals surface area contributed by atoms with Crippen LogP contribution in [0.3, 0.4) is 0 Å². The minimum atomic E-state index is -0.455. The number of hydrogen-bond acceptors (Lipinski definition) is 4. The second kappa shape index (κ2) is 6.48. The van der Waals surface area contributed by atoms with E-state index in [1.165, 1.54) is 0 Å². The first kappa shape index (κ1) is 14.9. The van der Waals surface area contributed by atoms with E-state index in [1.54, 1.807) is 14.0 Å². The molecule has 0 radical (unpaired) electrons. The van der Waals surface area contributed by atoms with Gasteiger partial charge in [-0.15, -0.1) is 0 Å². The van der Waals surface area contributed by atoms with E-state index in [9.17, 15) is 9.59 Å². The van der Waals surface area contributed by atoms with E-state index in [1.807, 2.05) is 20.8 Å². The summed E-state index contributed by atoms with van der Waals surface area (Å²) in [5.41, 5.74) is -0.455. The Labute approximate surface area is 96.9 Å². The van der Waals surface area contributed by atoms with Gasteiger partial charge in [0, 0.05) is 13.6 Å². The van der Waals surface area contributed by atoms with Gasteiger partial charge in [-0.2, -0.15) is 0 Å². The van der Waals surface area contributed by atoms with E-state index < -0.39 is 5.60 Å². The second-order valence-electron chi connectivity index (χ2n) is 4.63. The molecule has 0 fully saturated rings. The van der Waals surface area contributed by atoms with Gasteiger partial charge < -0.3 is 15.4 Å². The molecule has 0 spiro atoms. The zero-order chi connectivity index (χ0) is 12.8. The Kier molecular flexibility index (Phi) is 6.03. The van der Waals surface area contributed by atoms with Crippen molar-refractivity contribution in [2.24, 2.45) is 0 Å². The highest BCUT2D eigenvalue weighted by Crippen LogP contribution is 2.07. The van der Waals surface area contributed by atoms with Gasteiger partial charge >= 0.3 is 5.97 Å². The minimum Gasteiger partial charge on any atom is -0.460 e. The van der Waals surface area contributed by atoms with E-state index in [0.717, 1.165) is 0 Å². The van der Waals surface area contributed by atoms with Crippen molar-refractivity contribution in [2.75, 3.05) is 13.6 Å². The number of hydrogen-bond donors (Lipinski definition) is 2. The number of carbonyl (C=O) groups excluding carboxylic acids is 2. The molecule has 0 rings (SSSR count). The van der Waals surface area contributed by atoms with Crippen LogP contribution in [0.2, 0.25) is 0 Å². The molecule has 0 bridgehead atoms. The molecule has 2 N–H and O–H groups in total. The molecular formula is C11H22N2O3. The fraction of sp³-hybridized carbons (Fsp3) is 0.818. The molecule has 5 heteroatoms. The Morgan fingerprint density at radius 1 is 1.31 bits per heavy atom. The lowest BCUT2D eigenvalue weighted by atomic mass is 10.2. The monoisotopic (exact) mass is 230 g/mol. The van der Waals surface area contributed by atoms with Crippen LogP contribution in [0.25, 0.3) is 0 Å². The topological polar surface area (TPSA) is 67.4 Å². The molecule has 0 aliphatic rings. The van der Waals surface area contributed by atoms with Crippen molar-refractivity contribution in [1.29, 1.82) is 0 Å². The first-order valence-electron chi connectivity index (χ1n) is 5.43. The third kappa shape index (κ3) is 7.23. The van der Waals surface area contributed by atoms with Crippen LogP contribution in [-0.2, 0) is 14.3 Å². The molecule has 0 heterocycles. The lowest BCUT2D eigenvalue weighted by molar-refractivity contribution is -0.154. The van der Waals surface area contributed by atoms with Crippen molar-refractivity contribution >= 4 is 11.9 Å². The van der Waals surface area contributed by atoms with Crippen LogP contribution in [0.4, 0.5) is 0 Å². The summed E-state index contributed by atoms with van der Waals surface area (Å²) in [7, 11) is 1.58. The van der Waals surface area contributed by atoms with Crippen molar-refractivity contribution in [3.63, 3.8) is 0 Å². The van der Waals surface area contributed by atoms with Crippen molar-refractivity contribution in [3.05, 3.63) is 0 Å². The maximum absolute atomic E-state index is 11.3. The molecule has 1 amide bonds. The lowest BCUT2D eigenvalue weighted by Gasteiger charge is -2.19. The molecule has 0 saturated carbocycles. The van der Waals surface area contributed by atoms with Gasteiger partial charge in [0.2, 0.25) is 5.91 Å². The number of amides is 1. The SMILES string of the molecule is CNC(=O)C(C)NCCC(=O)OC(C)(C)C. The Hall–Kier alpha value is -1.10. The summed E-state index contributed by atoms with van der Waals surface area (Å²) in [6.45, 7) is 7.65. The van der Waals surface area contributed by atoms with E-state index >= 15 is 0 Å². The van der Waals surface area contributed by atoms with Crippen LogP contribution >= 0.6 is 0 Å². The van der Waals surface area contributed by atoms with Crippen LogP contribution in [0.15, 0.2) is 0 Å². The molecule has 16 heavy (non-hydrogen) atoms. The van der Waals surface area contributed by atoms with Gasteiger partial charge in [-0.3, -0.25) is 9.59 Å². The van der Waals surface area contributed by atoms with Crippen LogP contribution < -0.4 is 10.6 Å². The standard InChI is InChI=1S/C11H22N2O3/c1-8(10(15)12-5)13-7-6-9(14)16-11(2,3)4/h8,13H,6-7H2,1-5H3,(H,12,15). The Morgan fingerprint density at radius 3 is 2.31 bits per heavy atom. The Bertz CT molecular complexity index is 246. The van der Waals surface area contributed by atoms with Crippen LogP contribution in [-0.4, -0.2) is 37.1 Å². The molecular weight excluding hydrogens is 208 g/mol. The zero-order valence-electron chi connectivity index (χ0n) is 10.7. The van der Waals surface area contributed by atoms with Gasteiger partial charge in [-0.05, 0) is 27.7 Å². The third-order valence-corrected chi connectivity index (χ3v) is 1.84. The molecule has 0 saturated heterocycles. The Morgan fingerprint density at radius 2 is 1.88 bits per heavy atom. The summed E-state index contributed by atoms with van der Waals surface area (Å²) in [6, 6.07) is -0.299. The molecule has 5 nitrogen and oxygen atoms in total. The number of ether oxygens (including phenoxy) is 1. The van der Waals surface area contributed by atoms with Crippen LogP contribution in [0.1, 0.15) is 34.1 Å². The summed E-state index contributed by atoms with van der Waals surface area (Å²) in [5.74, 6) is -0.353. The lowest BCUT2D eigenvalue weighted by Crippen LogP contribution is -2.41. The summed E-state index contributed by atoms with van der Waals surface area (Å²) >= 11 is 0. The average Bonchev–Trinajstić information content (AvgIpc) is 2.13. The first-order valence-corrected chi connectivity index (χ1v) is 5.43. The van der Waals surface area contributed by atoms with E-state index in [0.29, 0.717) is 6.54 Å². The quantitative estimate of drug-likeness (QED) is 0.673. The molecule has 0 aliphatic heterocycles. The average molecular weight is 230 g/mol. The number of likely N-dealkylation sites (N-methyl/N-ethyl adjacent to an activating group) is 1. The zero-order valence-corrected chi connectivity index (χ0v) is 10.7. The number of nitrogens with one attached hydrogen (secondary N) is 2. The first-order chi connectivity index (χ1) is 7.26. The summed E-state index contributed by atoms with van der Waals surface area (Å²) in [6.07, 6.45) is 0.263. The Balaban J connectivity index is 3.74. The van der Waals surface area contributed by atoms with Crippen molar-refractivity contribution in [3.8, 4) is 0 Å². The fourth-order valence-corrected chi connectivity index (χ4v) is 1.09. The predicted molar refractivity (Wildman–Crippen MR) is 62.0 cm³/mol. The molecule has 0 aliphatic carbocycles.